The molecule has 0 unspecified atom stereocenters. The molecule has 0 bridgehead atoms. The molecule has 0 aliphatic rings. The van der Waals surface area contributed by atoms with E-state index in [4.69, 9.17) is 0 Å². The number of unbranched alkanes of at least 4 members (excludes halogenated alkanes) is 1. The van der Waals surface area contributed by atoms with Crippen LogP contribution in [0.2, 0.25) is 0 Å². The molecule has 0 N–H and O–H groups in total. The molecule has 0 rings (SSSR count). The minimum Gasteiger partial charge on any atom is -0.229 e. The van der Waals surface area contributed by atoms with Crippen molar-refractivity contribution in [3.63, 3.8) is 0 Å². The average molecular weight is 188 g/mol. The van der Waals surface area contributed by atoms with Crippen LogP contribution in [0, 0.1) is 0 Å². The summed E-state index contributed by atoms with van der Waals surface area (Å²) < 4.78 is 22.1. The Balaban J connectivity index is 4.02. The molecule has 3 heteroatoms. The highest BCUT2D eigenvalue weighted by Crippen LogP contribution is 2.10. The summed E-state index contributed by atoms with van der Waals surface area (Å²) in [7, 11) is -2.95. The summed E-state index contributed by atoms with van der Waals surface area (Å²) in [6, 6.07) is 0. The van der Waals surface area contributed by atoms with Crippen LogP contribution in [0.25, 0.3) is 0 Å². The monoisotopic (exact) mass is 188 g/mol. The summed E-state index contributed by atoms with van der Waals surface area (Å²) in [6.07, 6.45) is 6.90. The van der Waals surface area contributed by atoms with E-state index in [-0.39, 0.29) is 0 Å². The molecule has 0 aromatic rings. The van der Waals surface area contributed by atoms with Gasteiger partial charge in [-0.25, -0.2) is 8.42 Å². The predicted octanol–water partition coefficient (Wildman–Crippen LogP) is 1.94. The van der Waals surface area contributed by atoms with Gasteiger partial charge < -0.3 is 0 Å². The first kappa shape index (κ1) is 11.4. The molecule has 0 spiro atoms. The summed E-state index contributed by atoms with van der Waals surface area (Å²) in [5.74, 6) is 0. The summed E-state index contributed by atoms with van der Waals surface area (Å²) >= 11 is 0. The van der Waals surface area contributed by atoms with Crippen LogP contribution in [0.1, 0.15) is 19.3 Å². The third-order valence-corrected chi connectivity index (χ3v) is 3.24. The predicted molar refractivity (Wildman–Crippen MR) is 52.9 cm³/mol. The van der Waals surface area contributed by atoms with E-state index in [1.807, 2.05) is 0 Å². The van der Waals surface area contributed by atoms with E-state index in [0.717, 1.165) is 12.8 Å². The molecule has 12 heavy (non-hydrogen) atoms. The minimum absolute atomic E-state index is 0.391. The van der Waals surface area contributed by atoms with E-state index in [1.165, 1.54) is 12.3 Å². The van der Waals surface area contributed by atoms with Gasteiger partial charge >= 0.3 is 0 Å². The van der Waals surface area contributed by atoms with Crippen molar-refractivity contribution < 1.29 is 8.42 Å². The van der Waals surface area contributed by atoms with Crippen molar-refractivity contribution in [2.75, 3.05) is 6.26 Å². The molecular formula is C9H16O2S. The van der Waals surface area contributed by atoms with Crippen LogP contribution in [0.3, 0.4) is 0 Å². The SMILES string of the molecule is C=CCCC[C@H](C=C)S(C)(=O)=O. The fourth-order valence-corrected chi connectivity index (χ4v) is 1.91. The van der Waals surface area contributed by atoms with E-state index < -0.39 is 15.1 Å². The second kappa shape index (κ2) is 5.14. The van der Waals surface area contributed by atoms with E-state index in [1.54, 1.807) is 6.08 Å². The van der Waals surface area contributed by atoms with Gasteiger partial charge in [-0.2, -0.15) is 0 Å². The maximum atomic E-state index is 11.1. The Morgan fingerprint density at radius 3 is 2.33 bits per heavy atom. The summed E-state index contributed by atoms with van der Waals surface area (Å²) in [4.78, 5) is 0. The van der Waals surface area contributed by atoms with E-state index in [0.29, 0.717) is 6.42 Å². The van der Waals surface area contributed by atoms with Crippen molar-refractivity contribution in [3.8, 4) is 0 Å². The average Bonchev–Trinajstić information content (AvgIpc) is 1.95. The van der Waals surface area contributed by atoms with Gasteiger partial charge in [-0.3, -0.25) is 0 Å². The lowest BCUT2D eigenvalue weighted by molar-refractivity contribution is 0.587. The molecule has 0 aliphatic carbocycles. The molecule has 0 aromatic carbocycles. The Morgan fingerprint density at radius 1 is 1.42 bits per heavy atom. The molecule has 0 fully saturated rings. The zero-order valence-corrected chi connectivity index (χ0v) is 8.31. The highest BCUT2D eigenvalue weighted by atomic mass is 32.2. The first-order valence-corrected chi connectivity index (χ1v) is 5.90. The van der Waals surface area contributed by atoms with Crippen molar-refractivity contribution >= 4 is 9.84 Å². The lowest BCUT2D eigenvalue weighted by Crippen LogP contribution is -2.16. The van der Waals surface area contributed by atoms with Crippen LogP contribution in [-0.2, 0) is 9.84 Å². The number of hydrogen-bond acceptors (Lipinski definition) is 2. The third kappa shape index (κ3) is 4.34. The number of rotatable bonds is 6. The summed E-state index contributed by atoms with van der Waals surface area (Å²) in [5.41, 5.74) is 0. The fraction of sp³-hybridized carbons (Fsp3) is 0.556. The van der Waals surface area contributed by atoms with Crippen molar-refractivity contribution in [3.05, 3.63) is 25.3 Å². The molecule has 1 atom stereocenters. The van der Waals surface area contributed by atoms with Crippen LogP contribution < -0.4 is 0 Å². The smallest absolute Gasteiger partial charge is 0.153 e. The largest absolute Gasteiger partial charge is 0.229 e. The van der Waals surface area contributed by atoms with Gasteiger partial charge in [-0.15, -0.1) is 13.2 Å². The number of hydrogen-bond donors (Lipinski definition) is 0. The van der Waals surface area contributed by atoms with E-state index in [9.17, 15) is 8.42 Å². The standard InChI is InChI=1S/C9H16O2S/c1-4-6-7-8-9(5-2)12(3,10)11/h4-5,9H,1-2,6-8H2,3H3/t9-/m0/s1. The Hall–Kier alpha value is -0.570. The van der Waals surface area contributed by atoms with Crippen molar-refractivity contribution in [2.45, 2.75) is 24.5 Å². The van der Waals surface area contributed by atoms with Crippen molar-refractivity contribution in [1.29, 1.82) is 0 Å². The molecule has 2 nitrogen and oxygen atoms in total. The molecule has 0 aliphatic heterocycles. The maximum Gasteiger partial charge on any atom is 0.153 e. The van der Waals surface area contributed by atoms with E-state index >= 15 is 0 Å². The molecule has 0 aromatic heterocycles. The molecular weight excluding hydrogens is 172 g/mol. The molecule has 70 valence electrons. The fourth-order valence-electron chi connectivity index (χ4n) is 0.970. The Kier molecular flexibility index (Phi) is 4.90. The van der Waals surface area contributed by atoms with Gasteiger partial charge in [0, 0.05) is 6.26 Å². The third-order valence-electron chi connectivity index (χ3n) is 1.71. The topological polar surface area (TPSA) is 34.1 Å². The molecule has 0 saturated carbocycles. The van der Waals surface area contributed by atoms with Gasteiger partial charge in [0.25, 0.3) is 0 Å². The molecule has 0 radical (unpaired) electrons. The minimum atomic E-state index is -2.95. The van der Waals surface area contributed by atoms with Crippen LogP contribution >= 0.6 is 0 Å². The van der Waals surface area contributed by atoms with Crippen LogP contribution in [0.4, 0.5) is 0 Å². The quantitative estimate of drug-likeness (QED) is 0.471. The zero-order chi connectivity index (χ0) is 9.61. The second-order valence-electron chi connectivity index (χ2n) is 2.82. The number of allylic oxidation sites excluding steroid dienone is 1. The van der Waals surface area contributed by atoms with Crippen molar-refractivity contribution in [1.82, 2.24) is 0 Å². The Morgan fingerprint density at radius 2 is 2.00 bits per heavy atom. The van der Waals surface area contributed by atoms with Gasteiger partial charge in [0.15, 0.2) is 9.84 Å². The Labute approximate surface area is 74.9 Å². The lowest BCUT2D eigenvalue weighted by Gasteiger charge is -2.08. The molecule has 0 amide bonds. The summed E-state index contributed by atoms with van der Waals surface area (Å²) in [6.45, 7) is 7.07. The van der Waals surface area contributed by atoms with Gasteiger partial charge in [-0.05, 0) is 19.3 Å². The van der Waals surface area contributed by atoms with Crippen LogP contribution in [-0.4, -0.2) is 19.9 Å². The van der Waals surface area contributed by atoms with Crippen LogP contribution in [0.15, 0.2) is 25.3 Å². The lowest BCUT2D eigenvalue weighted by atomic mass is 10.2. The van der Waals surface area contributed by atoms with Crippen molar-refractivity contribution in [2.24, 2.45) is 0 Å². The van der Waals surface area contributed by atoms with Crippen LogP contribution in [0.5, 0.6) is 0 Å². The molecule has 0 saturated heterocycles. The number of sulfone groups is 1. The summed E-state index contributed by atoms with van der Waals surface area (Å²) in [5, 5.41) is -0.391. The van der Waals surface area contributed by atoms with Gasteiger partial charge in [0.1, 0.15) is 0 Å². The van der Waals surface area contributed by atoms with Gasteiger partial charge in [0.05, 0.1) is 5.25 Å². The first-order valence-electron chi connectivity index (χ1n) is 3.94. The molecule has 0 heterocycles. The van der Waals surface area contributed by atoms with Gasteiger partial charge in [0.2, 0.25) is 0 Å². The second-order valence-corrected chi connectivity index (χ2v) is 5.09. The first-order chi connectivity index (χ1) is 5.52. The highest BCUT2D eigenvalue weighted by molar-refractivity contribution is 7.91. The normalized spacial score (nSPS) is 13.8. The zero-order valence-electron chi connectivity index (χ0n) is 7.49. The Bertz CT molecular complexity index is 239. The van der Waals surface area contributed by atoms with E-state index in [2.05, 4.69) is 13.2 Å². The van der Waals surface area contributed by atoms with Gasteiger partial charge in [-0.1, -0.05) is 12.2 Å². The highest BCUT2D eigenvalue weighted by Gasteiger charge is 2.15. The maximum absolute atomic E-state index is 11.1.